The Morgan fingerprint density at radius 2 is 1.62 bits per heavy atom. The fraction of sp³-hybridized carbons (Fsp3) is 0.111. The van der Waals surface area contributed by atoms with Crippen LogP contribution < -0.4 is 5.73 Å². The first-order valence-corrected chi connectivity index (χ1v) is 5.04. The van der Waals surface area contributed by atoms with Crippen molar-refractivity contribution in [1.29, 1.82) is 0 Å². The molecule has 1 rings (SSSR count). The summed E-state index contributed by atoms with van der Waals surface area (Å²) in [4.78, 5) is 0. The van der Waals surface area contributed by atoms with Crippen LogP contribution in [-0.2, 0) is 0 Å². The van der Waals surface area contributed by atoms with Gasteiger partial charge in [-0.2, -0.15) is 13.2 Å². The molecule has 88 valence electrons. The van der Waals surface area contributed by atoms with E-state index in [0.717, 1.165) is 0 Å². The van der Waals surface area contributed by atoms with E-state index in [4.69, 9.17) is 40.5 Å². The number of hydrogen-bond donors (Lipinski definition) is 1. The summed E-state index contributed by atoms with van der Waals surface area (Å²) < 4.78 is 36.5. The number of nitrogen functional groups attached to an aromatic ring is 1. The van der Waals surface area contributed by atoms with Crippen molar-refractivity contribution < 1.29 is 13.2 Å². The van der Waals surface area contributed by atoms with E-state index < -0.39 is 11.2 Å². The molecule has 0 saturated carbocycles. The highest BCUT2D eigenvalue weighted by Crippen LogP contribution is 2.35. The first-order chi connectivity index (χ1) is 7.21. The third-order valence-corrected chi connectivity index (χ3v) is 2.59. The van der Waals surface area contributed by atoms with E-state index in [1.807, 2.05) is 0 Å². The molecule has 0 heterocycles. The average Bonchev–Trinajstić information content (AvgIpc) is 2.08. The Morgan fingerprint density at radius 3 is 2.00 bits per heavy atom. The Kier molecular flexibility index (Phi) is 3.99. The maximum atomic E-state index is 12.2. The smallest absolute Gasteiger partial charge is 0.399 e. The summed E-state index contributed by atoms with van der Waals surface area (Å²) in [6.45, 7) is 0. The Hall–Kier alpha value is -0.580. The lowest BCUT2D eigenvalue weighted by atomic mass is 10.2. The second kappa shape index (κ2) is 4.73. The molecule has 0 aliphatic rings. The molecule has 1 aromatic rings. The van der Waals surface area contributed by atoms with Crippen LogP contribution in [0.3, 0.4) is 0 Å². The molecule has 16 heavy (non-hydrogen) atoms. The van der Waals surface area contributed by atoms with Gasteiger partial charge in [-0.1, -0.05) is 34.8 Å². The standard InChI is InChI=1S/C9H5Cl3F3N/c10-6-1-4(16)2-7(11)5(6)3-8(12)9(13,14)15/h1-3H,16H2. The molecule has 0 aliphatic heterocycles. The molecular weight excluding hydrogens is 285 g/mol. The number of hydrogen-bond acceptors (Lipinski definition) is 1. The third kappa shape index (κ3) is 3.20. The summed E-state index contributed by atoms with van der Waals surface area (Å²) in [5.41, 5.74) is 5.65. The van der Waals surface area contributed by atoms with Crippen molar-refractivity contribution in [3.63, 3.8) is 0 Å². The zero-order valence-corrected chi connectivity index (χ0v) is 9.84. The van der Waals surface area contributed by atoms with Gasteiger partial charge in [0.1, 0.15) is 5.03 Å². The maximum absolute atomic E-state index is 12.2. The Labute approximate surface area is 105 Å². The highest BCUT2D eigenvalue weighted by Gasteiger charge is 2.32. The van der Waals surface area contributed by atoms with Crippen molar-refractivity contribution in [2.24, 2.45) is 0 Å². The topological polar surface area (TPSA) is 26.0 Å². The molecule has 1 nitrogen and oxygen atoms in total. The molecule has 2 N–H and O–H groups in total. The Balaban J connectivity index is 3.26. The molecule has 7 heteroatoms. The molecule has 1 aromatic carbocycles. The Morgan fingerprint density at radius 1 is 1.19 bits per heavy atom. The van der Waals surface area contributed by atoms with E-state index in [0.29, 0.717) is 6.08 Å². The minimum absolute atomic E-state index is 0.00685. The first kappa shape index (κ1) is 13.5. The fourth-order valence-corrected chi connectivity index (χ4v) is 1.67. The largest absolute Gasteiger partial charge is 0.426 e. The van der Waals surface area contributed by atoms with E-state index in [-0.39, 0.29) is 21.3 Å². The molecule has 0 spiro atoms. The number of alkyl halides is 3. The second-order valence-electron chi connectivity index (χ2n) is 2.89. The van der Waals surface area contributed by atoms with Crippen molar-refractivity contribution in [2.45, 2.75) is 6.18 Å². The van der Waals surface area contributed by atoms with Gasteiger partial charge in [0, 0.05) is 11.3 Å². The molecule has 0 amide bonds. The average molecular weight is 290 g/mol. The molecule has 0 atom stereocenters. The van der Waals surface area contributed by atoms with Crippen molar-refractivity contribution in [3.8, 4) is 0 Å². The van der Waals surface area contributed by atoms with Crippen LogP contribution in [0.15, 0.2) is 17.2 Å². The van der Waals surface area contributed by atoms with Crippen LogP contribution in [0.5, 0.6) is 0 Å². The summed E-state index contributed by atoms with van der Waals surface area (Å²) in [5.74, 6) is 0. The van der Waals surface area contributed by atoms with Crippen LogP contribution in [0.4, 0.5) is 18.9 Å². The van der Waals surface area contributed by atoms with Gasteiger partial charge in [-0.3, -0.25) is 0 Å². The third-order valence-electron chi connectivity index (χ3n) is 1.64. The predicted molar refractivity (Wildman–Crippen MR) is 60.8 cm³/mol. The van der Waals surface area contributed by atoms with E-state index in [9.17, 15) is 13.2 Å². The molecule has 0 aliphatic carbocycles. The quantitative estimate of drug-likeness (QED) is 0.744. The summed E-state index contributed by atoms with van der Waals surface area (Å²) in [7, 11) is 0. The minimum Gasteiger partial charge on any atom is -0.399 e. The highest BCUT2D eigenvalue weighted by atomic mass is 35.5. The van der Waals surface area contributed by atoms with E-state index >= 15 is 0 Å². The van der Waals surface area contributed by atoms with Gasteiger partial charge in [0.15, 0.2) is 0 Å². The van der Waals surface area contributed by atoms with Crippen molar-refractivity contribution in [2.75, 3.05) is 5.73 Å². The number of nitrogens with two attached hydrogens (primary N) is 1. The number of allylic oxidation sites excluding steroid dienone is 1. The highest BCUT2D eigenvalue weighted by molar-refractivity contribution is 6.39. The van der Waals surface area contributed by atoms with Gasteiger partial charge in [0.2, 0.25) is 0 Å². The summed E-state index contributed by atoms with van der Waals surface area (Å²) in [6, 6.07) is 2.58. The van der Waals surface area contributed by atoms with Gasteiger partial charge >= 0.3 is 6.18 Å². The second-order valence-corrected chi connectivity index (χ2v) is 4.11. The SMILES string of the molecule is Nc1cc(Cl)c(C=C(Cl)C(F)(F)F)c(Cl)c1. The minimum atomic E-state index is -4.63. The summed E-state index contributed by atoms with van der Waals surface area (Å²) in [5, 5.41) is -1.29. The van der Waals surface area contributed by atoms with Crippen LogP contribution >= 0.6 is 34.8 Å². The van der Waals surface area contributed by atoms with Crippen molar-refractivity contribution >= 4 is 46.6 Å². The molecule has 0 saturated heterocycles. The lowest BCUT2D eigenvalue weighted by molar-refractivity contribution is -0.0836. The predicted octanol–water partition coefficient (Wildman–Crippen LogP) is 4.72. The lowest BCUT2D eigenvalue weighted by Crippen LogP contribution is -2.06. The van der Waals surface area contributed by atoms with Crippen LogP contribution in [0.25, 0.3) is 6.08 Å². The van der Waals surface area contributed by atoms with E-state index in [1.54, 1.807) is 0 Å². The monoisotopic (exact) mass is 289 g/mol. The molecule has 0 fully saturated rings. The Bertz CT molecular complexity index is 417. The van der Waals surface area contributed by atoms with Gasteiger partial charge in [-0.15, -0.1) is 0 Å². The summed E-state index contributed by atoms with van der Waals surface area (Å²) in [6.07, 6.45) is -3.97. The van der Waals surface area contributed by atoms with Crippen LogP contribution in [0.1, 0.15) is 5.56 Å². The first-order valence-electron chi connectivity index (χ1n) is 3.90. The van der Waals surface area contributed by atoms with Gasteiger partial charge in [-0.25, -0.2) is 0 Å². The van der Waals surface area contributed by atoms with Gasteiger partial charge in [0.05, 0.1) is 10.0 Å². The van der Waals surface area contributed by atoms with Crippen LogP contribution in [0.2, 0.25) is 10.0 Å². The fourth-order valence-electron chi connectivity index (χ4n) is 0.950. The van der Waals surface area contributed by atoms with E-state index in [2.05, 4.69) is 0 Å². The molecular formula is C9H5Cl3F3N. The van der Waals surface area contributed by atoms with Gasteiger partial charge in [-0.05, 0) is 18.2 Å². The molecule has 0 radical (unpaired) electrons. The van der Waals surface area contributed by atoms with Gasteiger partial charge in [0.25, 0.3) is 0 Å². The number of benzene rings is 1. The zero-order chi connectivity index (χ0) is 12.5. The number of halogens is 6. The maximum Gasteiger partial charge on any atom is 0.426 e. The zero-order valence-electron chi connectivity index (χ0n) is 7.58. The van der Waals surface area contributed by atoms with Crippen LogP contribution in [0, 0.1) is 0 Å². The van der Waals surface area contributed by atoms with Crippen molar-refractivity contribution in [1.82, 2.24) is 0 Å². The van der Waals surface area contributed by atoms with E-state index in [1.165, 1.54) is 12.1 Å². The number of rotatable bonds is 1. The van der Waals surface area contributed by atoms with Crippen molar-refractivity contribution in [3.05, 3.63) is 32.8 Å². The lowest BCUT2D eigenvalue weighted by Gasteiger charge is -2.07. The van der Waals surface area contributed by atoms with Crippen LogP contribution in [-0.4, -0.2) is 6.18 Å². The summed E-state index contributed by atoms with van der Waals surface area (Å²) >= 11 is 16.5. The number of anilines is 1. The molecule has 0 aromatic heterocycles. The molecule has 0 unspecified atom stereocenters. The normalized spacial score (nSPS) is 13.0. The molecule has 0 bridgehead atoms. The van der Waals surface area contributed by atoms with Gasteiger partial charge < -0.3 is 5.73 Å².